The van der Waals surface area contributed by atoms with Crippen LogP contribution in [0.25, 0.3) is 11.7 Å². The van der Waals surface area contributed by atoms with E-state index in [1.54, 1.807) is 31.4 Å². The summed E-state index contributed by atoms with van der Waals surface area (Å²) < 4.78 is 42.4. The van der Waals surface area contributed by atoms with Gasteiger partial charge in [0.1, 0.15) is 0 Å². The summed E-state index contributed by atoms with van der Waals surface area (Å²) >= 11 is 3.29. The predicted molar refractivity (Wildman–Crippen MR) is 94.2 cm³/mol. The minimum Gasteiger partial charge on any atom is -0.459 e. The van der Waals surface area contributed by atoms with Gasteiger partial charge in [-0.2, -0.15) is 4.98 Å². The minimum atomic E-state index is -3.86. The number of benzene rings is 1. The van der Waals surface area contributed by atoms with Crippen LogP contribution in [0.2, 0.25) is 0 Å². The highest BCUT2D eigenvalue weighted by Gasteiger charge is 2.29. The molecule has 2 aromatic heterocycles. The van der Waals surface area contributed by atoms with E-state index < -0.39 is 9.84 Å². The van der Waals surface area contributed by atoms with E-state index in [0.29, 0.717) is 18.9 Å². The smallest absolute Gasteiger partial charge is 0.266 e. The maximum absolute atomic E-state index is 12.9. The Morgan fingerprint density at radius 1 is 1.24 bits per heavy atom. The first-order chi connectivity index (χ1) is 12.0. The third kappa shape index (κ3) is 3.78. The molecule has 0 fully saturated rings. The highest BCUT2D eigenvalue weighted by molar-refractivity contribution is 9.10. The van der Waals surface area contributed by atoms with Gasteiger partial charge in [0.15, 0.2) is 5.76 Å². The van der Waals surface area contributed by atoms with E-state index in [1.807, 2.05) is 0 Å². The zero-order chi connectivity index (χ0) is 17.9. The lowest BCUT2D eigenvalue weighted by molar-refractivity contribution is 0.210. The number of hydrogen-bond donors (Lipinski definition) is 1. The second kappa shape index (κ2) is 7.42. The molecule has 0 aliphatic heterocycles. The van der Waals surface area contributed by atoms with Gasteiger partial charge in [0, 0.05) is 18.1 Å². The van der Waals surface area contributed by atoms with E-state index in [9.17, 15) is 8.42 Å². The van der Waals surface area contributed by atoms with E-state index in [4.69, 9.17) is 13.6 Å². The van der Waals surface area contributed by atoms with E-state index in [-0.39, 0.29) is 21.7 Å². The number of methoxy groups -OCH3 is 1. The van der Waals surface area contributed by atoms with Crippen molar-refractivity contribution in [1.82, 2.24) is 4.98 Å². The van der Waals surface area contributed by atoms with Crippen molar-refractivity contribution < 1.29 is 22.0 Å². The van der Waals surface area contributed by atoms with Gasteiger partial charge in [-0.3, -0.25) is 0 Å². The summed E-state index contributed by atoms with van der Waals surface area (Å²) in [4.78, 5) is 4.25. The summed E-state index contributed by atoms with van der Waals surface area (Å²) in [5.41, 5.74) is 0. The number of furan rings is 1. The van der Waals surface area contributed by atoms with Crippen LogP contribution < -0.4 is 5.32 Å². The zero-order valence-electron chi connectivity index (χ0n) is 13.2. The molecule has 0 saturated heterocycles. The van der Waals surface area contributed by atoms with E-state index in [1.165, 1.54) is 18.4 Å². The Kier molecular flexibility index (Phi) is 5.26. The molecule has 3 aromatic rings. The van der Waals surface area contributed by atoms with Crippen molar-refractivity contribution in [2.75, 3.05) is 25.6 Å². The van der Waals surface area contributed by atoms with Gasteiger partial charge in [0.2, 0.25) is 20.7 Å². The topological polar surface area (TPSA) is 94.6 Å². The van der Waals surface area contributed by atoms with Crippen molar-refractivity contribution in [3.05, 3.63) is 47.1 Å². The van der Waals surface area contributed by atoms with Gasteiger partial charge >= 0.3 is 0 Å². The number of sulfone groups is 1. The van der Waals surface area contributed by atoms with E-state index in [2.05, 4.69) is 26.2 Å². The number of oxazole rings is 1. The molecule has 0 aliphatic rings. The molecule has 0 saturated carbocycles. The molecule has 0 atom stereocenters. The Labute approximate surface area is 153 Å². The number of nitrogens with one attached hydrogen (secondary N) is 1. The number of rotatable bonds is 7. The number of halogens is 1. The Bertz CT molecular complexity index is 934. The van der Waals surface area contributed by atoms with Crippen molar-refractivity contribution in [3.63, 3.8) is 0 Å². The van der Waals surface area contributed by atoms with Crippen LogP contribution in [0.3, 0.4) is 0 Å². The maximum atomic E-state index is 12.9. The van der Waals surface area contributed by atoms with Crippen LogP contribution in [0.15, 0.2) is 65.9 Å². The summed E-state index contributed by atoms with van der Waals surface area (Å²) in [5.74, 6) is 0.471. The number of anilines is 1. The first kappa shape index (κ1) is 17.7. The van der Waals surface area contributed by atoms with Crippen molar-refractivity contribution in [3.8, 4) is 11.7 Å². The maximum Gasteiger partial charge on any atom is 0.266 e. The summed E-state index contributed by atoms with van der Waals surface area (Å²) in [6.07, 6.45) is 1.46. The lowest BCUT2D eigenvalue weighted by Crippen LogP contribution is -2.11. The van der Waals surface area contributed by atoms with Gasteiger partial charge < -0.3 is 18.9 Å². The number of ether oxygens (including phenoxy) is 1. The van der Waals surface area contributed by atoms with Crippen molar-refractivity contribution in [2.45, 2.75) is 9.92 Å². The largest absolute Gasteiger partial charge is 0.459 e. The van der Waals surface area contributed by atoms with Crippen LogP contribution in [0.5, 0.6) is 0 Å². The fourth-order valence-corrected chi connectivity index (χ4v) is 3.64. The van der Waals surface area contributed by atoms with Crippen LogP contribution in [-0.4, -0.2) is 33.7 Å². The first-order valence-corrected chi connectivity index (χ1v) is 9.58. The van der Waals surface area contributed by atoms with Crippen molar-refractivity contribution >= 4 is 31.7 Å². The molecule has 0 amide bonds. The third-order valence-corrected chi connectivity index (χ3v) is 5.51. The molecule has 3 rings (SSSR count). The van der Waals surface area contributed by atoms with Crippen molar-refractivity contribution in [1.29, 1.82) is 0 Å². The Balaban J connectivity index is 2.04. The summed E-state index contributed by atoms with van der Waals surface area (Å²) in [6.45, 7) is 0.751. The van der Waals surface area contributed by atoms with Gasteiger partial charge in [0.05, 0.1) is 17.8 Å². The monoisotopic (exact) mass is 426 g/mol. The zero-order valence-corrected chi connectivity index (χ0v) is 15.6. The molecule has 7 nitrogen and oxygen atoms in total. The summed E-state index contributed by atoms with van der Waals surface area (Å²) in [7, 11) is -2.31. The molecule has 0 unspecified atom stereocenters. The Hall–Kier alpha value is -2.10. The third-order valence-electron chi connectivity index (χ3n) is 3.30. The normalized spacial score (nSPS) is 11.6. The molecule has 9 heteroatoms. The second-order valence-electron chi connectivity index (χ2n) is 5.01. The van der Waals surface area contributed by atoms with Gasteiger partial charge in [-0.05, 0) is 36.4 Å². The van der Waals surface area contributed by atoms with Crippen LogP contribution >= 0.6 is 15.9 Å². The van der Waals surface area contributed by atoms with Gasteiger partial charge in [-0.1, -0.05) is 15.9 Å². The summed E-state index contributed by atoms with van der Waals surface area (Å²) in [5, 5.41) is 2.70. The first-order valence-electron chi connectivity index (χ1n) is 7.30. The van der Waals surface area contributed by atoms with Gasteiger partial charge in [0.25, 0.3) is 5.89 Å². The van der Waals surface area contributed by atoms with Crippen LogP contribution in [0.1, 0.15) is 0 Å². The SMILES string of the molecule is COCCNc1oc(-c2ccco2)nc1S(=O)(=O)c1ccc(Br)cc1. The molecule has 1 aromatic carbocycles. The van der Waals surface area contributed by atoms with Gasteiger partial charge in [-0.25, -0.2) is 8.42 Å². The molecule has 132 valence electrons. The highest BCUT2D eigenvalue weighted by Crippen LogP contribution is 2.32. The van der Waals surface area contributed by atoms with E-state index >= 15 is 0 Å². The molecule has 0 bridgehead atoms. The minimum absolute atomic E-state index is 0.0476. The predicted octanol–water partition coefficient (Wildman–Crippen LogP) is 3.59. The second-order valence-corrected chi connectivity index (χ2v) is 7.79. The average molecular weight is 427 g/mol. The highest BCUT2D eigenvalue weighted by atomic mass is 79.9. The lowest BCUT2D eigenvalue weighted by atomic mass is 10.4. The summed E-state index contributed by atoms with van der Waals surface area (Å²) in [6, 6.07) is 9.61. The van der Waals surface area contributed by atoms with E-state index in [0.717, 1.165) is 4.47 Å². The van der Waals surface area contributed by atoms with Gasteiger partial charge in [-0.15, -0.1) is 0 Å². The van der Waals surface area contributed by atoms with Crippen LogP contribution in [0, 0.1) is 0 Å². The molecule has 1 N–H and O–H groups in total. The lowest BCUT2D eigenvalue weighted by Gasteiger charge is -2.05. The Morgan fingerprint density at radius 3 is 2.64 bits per heavy atom. The Morgan fingerprint density at radius 2 is 2.00 bits per heavy atom. The molecule has 0 aliphatic carbocycles. The average Bonchev–Trinajstić information content (AvgIpc) is 3.25. The molecule has 0 radical (unpaired) electrons. The fraction of sp³-hybridized carbons (Fsp3) is 0.188. The van der Waals surface area contributed by atoms with Crippen LogP contribution in [-0.2, 0) is 14.6 Å². The number of nitrogens with zero attached hydrogens (tertiary/aromatic N) is 1. The van der Waals surface area contributed by atoms with Crippen molar-refractivity contribution in [2.24, 2.45) is 0 Å². The molecular weight excluding hydrogens is 412 g/mol. The molecule has 25 heavy (non-hydrogen) atoms. The molecular formula is C16H15BrN2O5S. The fourth-order valence-electron chi connectivity index (χ4n) is 2.10. The molecule has 0 spiro atoms. The number of aromatic nitrogens is 1. The molecule has 2 heterocycles. The quantitative estimate of drug-likeness (QED) is 0.576. The standard InChI is InChI=1S/C16H15BrN2O5S/c1-22-10-8-18-15-16(19-14(24-15)13-3-2-9-23-13)25(20,21)12-6-4-11(17)5-7-12/h2-7,9,18H,8,10H2,1H3. The number of hydrogen-bond acceptors (Lipinski definition) is 7. The van der Waals surface area contributed by atoms with Crippen LogP contribution in [0.4, 0.5) is 5.88 Å².